The van der Waals surface area contributed by atoms with Crippen LogP contribution in [-0.2, 0) is 14.3 Å². The average Bonchev–Trinajstić information content (AvgIpc) is 3.03. The summed E-state index contributed by atoms with van der Waals surface area (Å²) in [7, 11) is 1.53. The molecule has 1 aromatic heterocycles. The number of aryl methyl sites for hydroxylation is 1. The maximum atomic E-state index is 12.9. The molecule has 1 fully saturated rings. The molecule has 1 N–H and O–H groups in total. The highest BCUT2D eigenvalue weighted by Crippen LogP contribution is 2.39. The summed E-state index contributed by atoms with van der Waals surface area (Å²) < 4.78 is 10.9. The third-order valence-electron chi connectivity index (χ3n) is 5.30. The monoisotopic (exact) mass is 424 g/mol. The smallest absolute Gasteiger partial charge is 0.295 e. The molecule has 1 saturated heterocycles. The molecule has 164 valence electrons. The molecule has 0 radical (unpaired) electrons. The van der Waals surface area contributed by atoms with Crippen LogP contribution >= 0.6 is 0 Å². The Kier molecular flexibility index (Phi) is 7.41. The van der Waals surface area contributed by atoms with Crippen LogP contribution in [0.15, 0.2) is 48.3 Å². The Bertz CT molecular complexity index is 971. The van der Waals surface area contributed by atoms with Crippen LogP contribution in [0.3, 0.4) is 0 Å². The predicted molar refractivity (Wildman–Crippen MR) is 117 cm³/mol. The number of hydrogen-bond acceptors (Lipinski definition) is 6. The molecule has 1 amide bonds. The lowest BCUT2D eigenvalue weighted by Crippen LogP contribution is -2.32. The minimum Gasteiger partial charge on any atom is -0.507 e. The first-order valence-electron chi connectivity index (χ1n) is 10.4. The van der Waals surface area contributed by atoms with E-state index in [1.165, 1.54) is 12.0 Å². The zero-order chi connectivity index (χ0) is 22.4. The van der Waals surface area contributed by atoms with Gasteiger partial charge < -0.3 is 19.5 Å². The summed E-state index contributed by atoms with van der Waals surface area (Å²) in [6, 6.07) is 8.01. The van der Waals surface area contributed by atoms with Gasteiger partial charge in [-0.1, -0.05) is 13.3 Å². The highest BCUT2D eigenvalue weighted by molar-refractivity contribution is 6.46. The Hall–Kier alpha value is -3.19. The van der Waals surface area contributed by atoms with E-state index < -0.39 is 17.7 Å². The third kappa shape index (κ3) is 4.77. The van der Waals surface area contributed by atoms with Crippen LogP contribution in [0, 0.1) is 6.92 Å². The number of hydrogen-bond donors (Lipinski definition) is 1. The number of ether oxygens (including phenoxy) is 2. The number of aliphatic hydroxyl groups is 1. The van der Waals surface area contributed by atoms with Gasteiger partial charge in [-0.05, 0) is 54.8 Å². The summed E-state index contributed by atoms with van der Waals surface area (Å²) in [4.78, 5) is 31.1. The lowest BCUT2D eigenvalue weighted by atomic mass is 9.95. The van der Waals surface area contributed by atoms with E-state index in [-0.39, 0.29) is 24.5 Å². The first kappa shape index (κ1) is 22.5. The van der Waals surface area contributed by atoms with Crippen LogP contribution in [0.5, 0.6) is 5.75 Å². The fraction of sp³-hybridized carbons (Fsp3) is 0.375. The normalized spacial score (nSPS) is 17.9. The first-order valence-corrected chi connectivity index (χ1v) is 10.4. The van der Waals surface area contributed by atoms with Crippen molar-refractivity contribution < 1.29 is 24.2 Å². The van der Waals surface area contributed by atoms with Crippen LogP contribution in [0.1, 0.15) is 42.5 Å². The molecule has 1 atom stereocenters. The van der Waals surface area contributed by atoms with Crippen LogP contribution in [0.4, 0.5) is 0 Å². The van der Waals surface area contributed by atoms with Crippen molar-refractivity contribution in [3.63, 3.8) is 0 Å². The molecule has 2 aromatic rings. The third-order valence-corrected chi connectivity index (χ3v) is 5.30. The highest BCUT2D eigenvalue weighted by atomic mass is 16.5. The van der Waals surface area contributed by atoms with E-state index in [4.69, 9.17) is 9.47 Å². The van der Waals surface area contributed by atoms with Gasteiger partial charge in [0.15, 0.2) is 0 Å². The van der Waals surface area contributed by atoms with Gasteiger partial charge in [-0.3, -0.25) is 14.6 Å². The Balaban J connectivity index is 2.03. The summed E-state index contributed by atoms with van der Waals surface area (Å²) >= 11 is 0. The molecular weight excluding hydrogens is 396 g/mol. The van der Waals surface area contributed by atoms with Crippen LogP contribution in [-0.4, -0.2) is 53.5 Å². The number of Topliss-reactive ketones (excluding diaryl/α,β-unsaturated/α-hetero) is 1. The number of carbonyl (C=O) groups excluding carboxylic acids is 2. The fourth-order valence-corrected chi connectivity index (χ4v) is 3.63. The second kappa shape index (κ2) is 10.2. The topological polar surface area (TPSA) is 89.0 Å². The molecule has 0 spiro atoms. The van der Waals surface area contributed by atoms with Crippen molar-refractivity contribution in [2.45, 2.75) is 32.7 Å². The van der Waals surface area contributed by atoms with Crippen LogP contribution in [0.25, 0.3) is 5.76 Å². The second-order valence-electron chi connectivity index (χ2n) is 7.45. The number of rotatable bonds is 9. The van der Waals surface area contributed by atoms with Crippen molar-refractivity contribution in [1.82, 2.24) is 9.88 Å². The SMILES string of the molecule is CCCCOc1ccc(/C(O)=C2\C(=O)C(=O)N(CCOC)[C@@H]2c2ccncc2)cc1C. The summed E-state index contributed by atoms with van der Waals surface area (Å²) in [5, 5.41) is 11.1. The quantitative estimate of drug-likeness (QED) is 0.286. The first-order chi connectivity index (χ1) is 15.0. The fourth-order valence-electron chi connectivity index (χ4n) is 3.63. The van der Waals surface area contributed by atoms with E-state index >= 15 is 0 Å². The zero-order valence-electron chi connectivity index (χ0n) is 18.1. The van der Waals surface area contributed by atoms with E-state index in [9.17, 15) is 14.7 Å². The Labute approximate surface area is 182 Å². The predicted octanol–water partition coefficient (Wildman–Crippen LogP) is 3.64. The summed E-state index contributed by atoms with van der Waals surface area (Å²) in [6.45, 7) is 5.11. The van der Waals surface area contributed by atoms with Crippen molar-refractivity contribution in [3.05, 3.63) is 65.0 Å². The van der Waals surface area contributed by atoms with Gasteiger partial charge in [-0.2, -0.15) is 0 Å². The van der Waals surface area contributed by atoms with Crippen molar-refractivity contribution in [2.24, 2.45) is 0 Å². The standard InChI is InChI=1S/C24H28N2O5/c1-4-5-13-31-19-7-6-18(15-16(19)2)22(27)20-21(17-8-10-25-11-9-17)26(12-14-30-3)24(29)23(20)28/h6-11,15,21,27H,4-5,12-14H2,1-3H3/b22-20+/t21-/m1/s1. The summed E-state index contributed by atoms with van der Waals surface area (Å²) in [5.74, 6) is -0.840. The van der Waals surface area contributed by atoms with E-state index in [0.29, 0.717) is 17.7 Å². The highest BCUT2D eigenvalue weighted by Gasteiger charge is 2.45. The number of aliphatic hydroxyl groups excluding tert-OH is 1. The molecule has 7 nitrogen and oxygen atoms in total. The van der Waals surface area contributed by atoms with Gasteiger partial charge in [0.05, 0.1) is 24.8 Å². The number of benzene rings is 1. The Morgan fingerprint density at radius 1 is 1.16 bits per heavy atom. The Morgan fingerprint density at radius 2 is 1.90 bits per heavy atom. The van der Waals surface area contributed by atoms with Crippen molar-refractivity contribution in [3.8, 4) is 5.75 Å². The van der Waals surface area contributed by atoms with Crippen LogP contribution < -0.4 is 4.74 Å². The van der Waals surface area contributed by atoms with Crippen LogP contribution in [0.2, 0.25) is 0 Å². The number of amides is 1. The maximum absolute atomic E-state index is 12.9. The largest absolute Gasteiger partial charge is 0.507 e. The van der Waals surface area contributed by atoms with E-state index in [0.717, 1.165) is 24.2 Å². The van der Waals surface area contributed by atoms with Gasteiger partial charge in [0, 0.05) is 31.6 Å². The number of pyridine rings is 1. The molecule has 1 aliphatic rings. The lowest BCUT2D eigenvalue weighted by Gasteiger charge is -2.24. The molecule has 2 heterocycles. The number of methoxy groups -OCH3 is 1. The van der Waals surface area contributed by atoms with Crippen molar-refractivity contribution in [2.75, 3.05) is 26.9 Å². The molecule has 1 aromatic carbocycles. The van der Waals surface area contributed by atoms with Crippen molar-refractivity contribution >= 4 is 17.4 Å². The summed E-state index contributed by atoms with van der Waals surface area (Å²) in [6.07, 6.45) is 5.19. The van der Waals surface area contributed by atoms with Gasteiger partial charge in [0.25, 0.3) is 11.7 Å². The Morgan fingerprint density at radius 3 is 2.55 bits per heavy atom. The summed E-state index contributed by atoms with van der Waals surface area (Å²) in [5.41, 5.74) is 2.06. The molecule has 0 bridgehead atoms. The van der Waals surface area contributed by atoms with E-state index in [1.807, 2.05) is 6.92 Å². The molecule has 31 heavy (non-hydrogen) atoms. The van der Waals surface area contributed by atoms with E-state index in [1.54, 1.807) is 42.7 Å². The average molecular weight is 424 g/mol. The number of nitrogens with zero attached hydrogens (tertiary/aromatic N) is 2. The lowest BCUT2D eigenvalue weighted by molar-refractivity contribution is -0.140. The number of carbonyl (C=O) groups is 2. The number of likely N-dealkylation sites (tertiary alicyclic amines) is 1. The molecule has 0 saturated carbocycles. The van der Waals surface area contributed by atoms with Gasteiger partial charge in [-0.25, -0.2) is 0 Å². The molecule has 1 aliphatic heterocycles. The molecule has 0 aliphatic carbocycles. The second-order valence-corrected chi connectivity index (χ2v) is 7.45. The van der Waals surface area contributed by atoms with Gasteiger partial charge in [0.2, 0.25) is 0 Å². The zero-order valence-corrected chi connectivity index (χ0v) is 18.1. The molecular formula is C24H28N2O5. The molecule has 0 unspecified atom stereocenters. The minimum atomic E-state index is -0.712. The van der Waals surface area contributed by atoms with Crippen molar-refractivity contribution in [1.29, 1.82) is 0 Å². The minimum absolute atomic E-state index is 0.0614. The van der Waals surface area contributed by atoms with Gasteiger partial charge in [-0.15, -0.1) is 0 Å². The number of ketones is 1. The molecule has 7 heteroatoms. The van der Waals surface area contributed by atoms with E-state index in [2.05, 4.69) is 11.9 Å². The molecule has 3 rings (SSSR count). The van der Waals surface area contributed by atoms with Gasteiger partial charge in [0.1, 0.15) is 11.5 Å². The number of aromatic nitrogens is 1. The number of unbranched alkanes of at least 4 members (excludes halogenated alkanes) is 1. The van der Waals surface area contributed by atoms with Gasteiger partial charge >= 0.3 is 0 Å². The maximum Gasteiger partial charge on any atom is 0.295 e.